The summed E-state index contributed by atoms with van der Waals surface area (Å²) < 4.78 is 5.21. The summed E-state index contributed by atoms with van der Waals surface area (Å²) in [4.78, 5) is 0. The van der Waals surface area contributed by atoms with Crippen LogP contribution in [0.1, 0.15) is 0 Å². The van der Waals surface area contributed by atoms with Crippen LogP contribution in [0.3, 0.4) is 0 Å². The first-order chi connectivity index (χ1) is 2.43. The van der Waals surface area contributed by atoms with E-state index in [0.29, 0.717) is 4.77 Å². The van der Waals surface area contributed by atoms with Crippen LogP contribution in [0.5, 0.6) is 0 Å². The molecule has 0 aromatic carbocycles. The molecule has 1 aliphatic rings. The fourth-order valence-electron chi connectivity index (χ4n) is 0.0524. The number of rotatable bonds is 1. The Morgan fingerprint density at radius 3 is 2.20 bits per heavy atom. The molecule has 1 fully saturated rings. The van der Waals surface area contributed by atoms with Crippen molar-refractivity contribution < 1.29 is 3.07 Å². The maximum atomic E-state index is 4.76. The quantitative estimate of drug-likeness (QED) is 0.380. The highest BCUT2D eigenvalue weighted by atomic mass is 127. The first-order valence-corrected chi connectivity index (χ1v) is 4.19. The Kier molecular flexibility index (Phi) is 1.73. The van der Waals surface area contributed by atoms with Gasteiger partial charge >= 0.3 is 0 Å². The molecule has 1 aliphatic heterocycles. The third kappa shape index (κ3) is 1.52. The van der Waals surface area contributed by atoms with E-state index in [1.165, 1.54) is 0 Å². The summed E-state index contributed by atoms with van der Waals surface area (Å²) in [6.45, 7) is 0. The van der Waals surface area contributed by atoms with Gasteiger partial charge in [-0.15, -0.1) is 0 Å². The minimum Gasteiger partial charge on any atom is -0.288 e. The predicted octanol–water partition coefficient (Wildman–Crippen LogP) is 2.03. The van der Waals surface area contributed by atoms with Gasteiger partial charge in [-0.3, -0.25) is 3.07 Å². The lowest BCUT2D eigenvalue weighted by Crippen LogP contribution is -1.65. The van der Waals surface area contributed by atoms with E-state index in [4.69, 9.17) is 3.07 Å². The standard InChI is InChI=1S/CHIOS2/c2-3-1-4-5-1/h1H. The van der Waals surface area contributed by atoms with Crippen LogP contribution >= 0.6 is 44.6 Å². The molecule has 4 heteroatoms. The third-order valence-electron chi connectivity index (χ3n) is 0.248. The Hall–Kier alpha value is 1.39. The highest BCUT2D eigenvalue weighted by Crippen LogP contribution is 2.54. The Morgan fingerprint density at radius 1 is 1.60 bits per heavy atom. The molecule has 1 saturated heterocycles. The smallest absolute Gasteiger partial charge is 0.181 e. The van der Waals surface area contributed by atoms with Gasteiger partial charge in [-0.2, -0.15) is 0 Å². The van der Waals surface area contributed by atoms with Gasteiger partial charge in [0.25, 0.3) is 0 Å². The number of hydrogen-bond donors (Lipinski definition) is 0. The first-order valence-electron chi connectivity index (χ1n) is 1.03. The largest absolute Gasteiger partial charge is 0.288 e. The zero-order chi connectivity index (χ0) is 3.70. The molecule has 0 radical (unpaired) electrons. The van der Waals surface area contributed by atoms with E-state index in [2.05, 4.69) is 0 Å². The summed E-state index contributed by atoms with van der Waals surface area (Å²) >= 11 is 1.90. The van der Waals surface area contributed by atoms with E-state index < -0.39 is 0 Å². The lowest BCUT2D eigenvalue weighted by molar-refractivity contribution is 0.506. The maximum Gasteiger partial charge on any atom is 0.181 e. The van der Waals surface area contributed by atoms with Crippen LogP contribution in [-0.2, 0) is 3.07 Å². The SMILES string of the molecule is IOC1SS1. The van der Waals surface area contributed by atoms with Crippen LogP contribution in [0.4, 0.5) is 0 Å². The number of halogens is 1. The lowest BCUT2D eigenvalue weighted by atomic mass is 11.7. The molecule has 0 amide bonds. The second kappa shape index (κ2) is 1.90. The zero-order valence-electron chi connectivity index (χ0n) is 2.18. The third-order valence-corrected chi connectivity index (χ3v) is 3.04. The van der Waals surface area contributed by atoms with E-state index in [-0.39, 0.29) is 0 Å². The highest BCUT2D eigenvalue weighted by molar-refractivity contribution is 14.1. The number of hydrogen-bond acceptors (Lipinski definition) is 3. The molecule has 0 atom stereocenters. The molecule has 0 N–H and O–H groups in total. The molecule has 30 valence electrons. The van der Waals surface area contributed by atoms with Crippen molar-refractivity contribution in [2.24, 2.45) is 0 Å². The van der Waals surface area contributed by atoms with Crippen molar-refractivity contribution >= 4 is 44.6 Å². The molecule has 0 aromatic heterocycles. The second-order valence-corrected chi connectivity index (χ2v) is 3.77. The van der Waals surface area contributed by atoms with Gasteiger partial charge in [0.2, 0.25) is 0 Å². The topological polar surface area (TPSA) is 9.23 Å². The van der Waals surface area contributed by atoms with Crippen LogP contribution in [0.25, 0.3) is 0 Å². The van der Waals surface area contributed by atoms with Gasteiger partial charge in [0.1, 0.15) is 23.0 Å². The van der Waals surface area contributed by atoms with E-state index >= 15 is 0 Å². The Balaban J connectivity index is 2.00. The molecule has 0 spiro atoms. The lowest BCUT2D eigenvalue weighted by Gasteiger charge is -1.71. The minimum absolute atomic E-state index is 0.454. The van der Waals surface area contributed by atoms with Crippen LogP contribution in [0, 0.1) is 0 Å². The van der Waals surface area contributed by atoms with E-state index in [1.54, 1.807) is 21.6 Å². The molecular formula is CHIOS2. The summed E-state index contributed by atoms with van der Waals surface area (Å²) in [5, 5.41) is 0. The fourth-order valence-corrected chi connectivity index (χ4v) is 2.00. The molecule has 1 rings (SSSR count). The molecule has 1 nitrogen and oxygen atoms in total. The van der Waals surface area contributed by atoms with E-state index in [0.717, 1.165) is 0 Å². The van der Waals surface area contributed by atoms with Crippen molar-refractivity contribution in [1.82, 2.24) is 0 Å². The molecule has 5 heavy (non-hydrogen) atoms. The van der Waals surface area contributed by atoms with Crippen LogP contribution in [0.2, 0.25) is 0 Å². The van der Waals surface area contributed by atoms with Crippen molar-refractivity contribution in [3.63, 3.8) is 0 Å². The minimum atomic E-state index is 0.454. The van der Waals surface area contributed by atoms with Crippen LogP contribution in [-0.4, -0.2) is 4.77 Å². The molecular weight excluding hydrogens is 219 g/mol. The Morgan fingerprint density at radius 2 is 2.20 bits per heavy atom. The first kappa shape index (κ1) is 4.55. The maximum absolute atomic E-state index is 4.76. The Labute approximate surface area is 52.3 Å². The molecule has 0 saturated carbocycles. The summed E-state index contributed by atoms with van der Waals surface area (Å²) in [5.74, 6) is 0. The van der Waals surface area contributed by atoms with Crippen molar-refractivity contribution in [2.45, 2.75) is 4.77 Å². The highest BCUT2D eigenvalue weighted by Gasteiger charge is 2.23. The molecule has 0 unspecified atom stereocenters. The molecule has 0 aliphatic carbocycles. The van der Waals surface area contributed by atoms with Crippen molar-refractivity contribution in [3.8, 4) is 0 Å². The summed E-state index contributed by atoms with van der Waals surface area (Å²) in [6, 6.07) is 0. The fraction of sp³-hybridized carbons (Fsp3) is 1.00. The molecule has 0 bridgehead atoms. The van der Waals surface area contributed by atoms with Gasteiger partial charge in [0.05, 0.1) is 0 Å². The van der Waals surface area contributed by atoms with E-state index in [9.17, 15) is 0 Å². The van der Waals surface area contributed by atoms with Crippen molar-refractivity contribution in [1.29, 1.82) is 0 Å². The molecule has 0 aromatic rings. The van der Waals surface area contributed by atoms with Crippen LogP contribution < -0.4 is 0 Å². The van der Waals surface area contributed by atoms with Gasteiger partial charge in [0.15, 0.2) is 4.77 Å². The zero-order valence-corrected chi connectivity index (χ0v) is 5.97. The van der Waals surface area contributed by atoms with Gasteiger partial charge in [0, 0.05) is 0 Å². The average molecular weight is 220 g/mol. The normalized spacial score (nSPS) is 23.4. The monoisotopic (exact) mass is 220 g/mol. The predicted molar refractivity (Wildman–Crippen MR) is 34.1 cm³/mol. The van der Waals surface area contributed by atoms with Gasteiger partial charge < -0.3 is 0 Å². The second-order valence-electron chi connectivity index (χ2n) is 0.570. The van der Waals surface area contributed by atoms with Crippen molar-refractivity contribution in [2.75, 3.05) is 0 Å². The Bertz CT molecular complexity index is 36.6. The average Bonchev–Trinajstić information content (AvgIpc) is 2.12. The van der Waals surface area contributed by atoms with Gasteiger partial charge in [-0.25, -0.2) is 0 Å². The molecule has 1 heterocycles. The summed E-state index contributed by atoms with van der Waals surface area (Å²) in [7, 11) is 3.51. The van der Waals surface area contributed by atoms with Crippen molar-refractivity contribution in [3.05, 3.63) is 0 Å². The summed E-state index contributed by atoms with van der Waals surface area (Å²) in [6.07, 6.45) is 0. The van der Waals surface area contributed by atoms with Gasteiger partial charge in [-0.1, -0.05) is 0 Å². The van der Waals surface area contributed by atoms with Crippen LogP contribution in [0.15, 0.2) is 0 Å². The van der Waals surface area contributed by atoms with E-state index in [1.807, 2.05) is 23.0 Å². The van der Waals surface area contributed by atoms with Gasteiger partial charge in [-0.05, 0) is 21.6 Å². The summed E-state index contributed by atoms with van der Waals surface area (Å²) in [5.41, 5.74) is 0.